The van der Waals surface area contributed by atoms with Crippen LogP contribution < -0.4 is 5.32 Å². The number of nitrogens with one attached hydrogen (secondary N) is 1. The van der Waals surface area contributed by atoms with Gasteiger partial charge in [-0.15, -0.1) is 0 Å². The van der Waals surface area contributed by atoms with Crippen LogP contribution >= 0.6 is 11.8 Å². The molecular formula is C11H21NO2S. The van der Waals surface area contributed by atoms with Crippen molar-refractivity contribution < 1.29 is 9.59 Å². The predicted octanol–water partition coefficient (Wildman–Crippen LogP) is 1.51. The molecule has 0 aromatic carbocycles. The van der Waals surface area contributed by atoms with Crippen molar-refractivity contribution >= 4 is 23.8 Å². The van der Waals surface area contributed by atoms with Gasteiger partial charge in [0.25, 0.3) is 0 Å². The molecule has 0 saturated heterocycles. The third kappa shape index (κ3) is 7.56. The quantitative estimate of drug-likeness (QED) is 0.643. The van der Waals surface area contributed by atoms with E-state index in [1.807, 2.05) is 27.7 Å². The molecule has 0 bridgehead atoms. The molecule has 15 heavy (non-hydrogen) atoms. The van der Waals surface area contributed by atoms with Gasteiger partial charge in [0.2, 0.25) is 0 Å². The number of hydrogen-bond acceptors (Lipinski definition) is 4. The molecule has 88 valence electrons. The molecule has 4 heteroatoms. The van der Waals surface area contributed by atoms with Gasteiger partial charge in [-0.3, -0.25) is 4.79 Å². The first-order valence-corrected chi connectivity index (χ1v) is 6.44. The number of carbonyl (C=O) groups is 2. The molecule has 0 heterocycles. The van der Waals surface area contributed by atoms with Gasteiger partial charge in [-0.05, 0) is 0 Å². The topological polar surface area (TPSA) is 46.2 Å². The van der Waals surface area contributed by atoms with E-state index in [1.54, 1.807) is 0 Å². The Morgan fingerprint density at radius 3 is 2.33 bits per heavy atom. The van der Waals surface area contributed by atoms with Crippen molar-refractivity contribution in [2.24, 2.45) is 5.92 Å². The highest BCUT2D eigenvalue weighted by atomic mass is 32.2. The van der Waals surface area contributed by atoms with Crippen LogP contribution in [-0.4, -0.2) is 35.7 Å². The molecule has 0 aliphatic heterocycles. The maximum atomic E-state index is 11.3. The smallest absolute Gasteiger partial charge is 0.145 e. The maximum absolute atomic E-state index is 11.3. The molecule has 0 rings (SSSR count). The average Bonchev–Trinajstić information content (AvgIpc) is 2.15. The molecule has 0 aromatic rings. The Hall–Kier alpha value is -0.350. The fourth-order valence-corrected chi connectivity index (χ4v) is 2.09. The molecule has 0 aliphatic carbocycles. The van der Waals surface area contributed by atoms with E-state index in [4.69, 9.17) is 0 Å². The third-order valence-corrected chi connectivity index (χ3v) is 2.98. The van der Waals surface area contributed by atoms with Crippen LogP contribution in [0.3, 0.4) is 0 Å². The molecule has 0 amide bonds. The van der Waals surface area contributed by atoms with Gasteiger partial charge >= 0.3 is 0 Å². The summed E-state index contributed by atoms with van der Waals surface area (Å²) < 4.78 is 0. The number of hydrogen-bond donors (Lipinski definition) is 1. The first kappa shape index (κ1) is 14.6. The number of carbonyl (C=O) groups excluding carboxylic acids is 2. The lowest BCUT2D eigenvalue weighted by atomic mass is 10.1. The zero-order chi connectivity index (χ0) is 11.8. The van der Waals surface area contributed by atoms with Crippen LogP contribution in [0.15, 0.2) is 0 Å². The van der Waals surface area contributed by atoms with Crippen LogP contribution in [0.5, 0.6) is 0 Å². The highest BCUT2D eigenvalue weighted by molar-refractivity contribution is 8.00. The van der Waals surface area contributed by atoms with Gasteiger partial charge in [-0.2, -0.15) is 11.8 Å². The summed E-state index contributed by atoms with van der Waals surface area (Å²) in [5, 5.41) is 3.13. The van der Waals surface area contributed by atoms with E-state index in [0.717, 1.165) is 6.29 Å². The molecule has 0 saturated carbocycles. The lowest BCUT2D eigenvalue weighted by molar-refractivity contribution is -0.119. The van der Waals surface area contributed by atoms with Gasteiger partial charge < -0.3 is 10.1 Å². The van der Waals surface area contributed by atoms with Crippen molar-refractivity contribution in [3.8, 4) is 0 Å². The normalized spacial score (nSPS) is 13.2. The fourth-order valence-electron chi connectivity index (χ4n) is 1.01. The third-order valence-electron chi connectivity index (χ3n) is 1.90. The molecule has 0 aliphatic rings. The lowest BCUT2D eigenvalue weighted by Gasteiger charge is -2.15. The molecule has 0 fully saturated rings. The van der Waals surface area contributed by atoms with Crippen molar-refractivity contribution in [3.63, 3.8) is 0 Å². The van der Waals surface area contributed by atoms with E-state index in [-0.39, 0.29) is 17.7 Å². The minimum atomic E-state index is -0.144. The van der Waals surface area contributed by atoms with Gasteiger partial charge in [0.05, 0.1) is 11.8 Å². The van der Waals surface area contributed by atoms with Crippen LogP contribution in [0.4, 0.5) is 0 Å². The molecule has 0 spiro atoms. The number of ketones is 1. The molecule has 0 radical (unpaired) electrons. The van der Waals surface area contributed by atoms with Crippen molar-refractivity contribution in [2.75, 3.05) is 11.5 Å². The minimum absolute atomic E-state index is 0.0882. The maximum Gasteiger partial charge on any atom is 0.145 e. The van der Waals surface area contributed by atoms with Gasteiger partial charge in [0, 0.05) is 17.7 Å². The number of aldehydes is 1. The molecule has 1 unspecified atom stereocenters. The zero-order valence-corrected chi connectivity index (χ0v) is 10.8. The van der Waals surface area contributed by atoms with Gasteiger partial charge in [0.1, 0.15) is 12.1 Å². The molecule has 1 N–H and O–H groups in total. The Morgan fingerprint density at radius 1 is 1.33 bits per heavy atom. The summed E-state index contributed by atoms with van der Waals surface area (Å²) in [6, 6.07) is 0.150. The first-order valence-electron chi connectivity index (χ1n) is 5.29. The Morgan fingerprint density at radius 2 is 1.93 bits per heavy atom. The second-order valence-electron chi connectivity index (χ2n) is 4.20. The molecule has 0 aromatic heterocycles. The number of rotatable bonds is 8. The van der Waals surface area contributed by atoms with Crippen LogP contribution in [0.1, 0.15) is 27.7 Å². The van der Waals surface area contributed by atoms with Crippen LogP contribution in [-0.2, 0) is 9.59 Å². The molecule has 1 atom stereocenters. The first-order chi connectivity index (χ1) is 6.97. The highest BCUT2D eigenvalue weighted by Crippen LogP contribution is 2.06. The monoisotopic (exact) mass is 231 g/mol. The van der Waals surface area contributed by atoms with Crippen molar-refractivity contribution in [2.45, 2.75) is 39.8 Å². The van der Waals surface area contributed by atoms with Gasteiger partial charge in [-0.25, -0.2) is 0 Å². The van der Waals surface area contributed by atoms with Gasteiger partial charge in [-0.1, -0.05) is 27.7 Å². The van der Waals surface area contributed by atoms with E-state index in [0.29, 0.717) is 17.5 Å². The average molecular weight is 231 g/mol. The van der Waals surface area contributed by atoms with Crippen LogP contribution in [0, 0.1) is 5.92 Å². The summed E-state index contributed by atoms with van der Waals surface area (Å²) in [6.07, 6.45) is 0.910. The second-order valence-corrected chi connectivity index (χ2v) is 5.23. The highest BCUT2D eigenvalue weighted by Gasteiger charge is 2.11. The predicted molar refractivity (Wildman–Crippen MR) is 65.3 cm³/mol. The summed E-state index contributed by atoms with van der Waals surface area (Å²) in [7, 11) is 0. The summed E-state index contributed by atoms with van der Waals surface area (Å²) in [5.74, 6) is 1.50. The fraction of sp³-hybridized carbons (Fsp3) is 0.818. The van der Waals surface area contributed by atoms with E-state index in [9.17, 15) is 9.59 Å². The second kappa shape index (κ2) is 7.88. The van der Waals surface area contributed by atoms with Crippen LogP contribution in [0.25, 0.3) is 0 Å². The van der Waals surface area contributed by atoms with Gasteiger partial charge in [0.15, 0.2) is 0 Å². The summed E-state index contributed by atoms with van der Waals surface area (Å²) in [4.78, 5) is 22.0. The summed E-state index contributed by atoms with van der Waals surface area (Å²) >= 11 is 1.52. The van der Waals surface area contributed by atoms with E-state index in [2.05, 4.69) is 5.32 Å². The Kier molecular flexibility index (Phi) is 7.70. The lowest BCUT2D eigenvalue weighted by Crippen LogP contribution is -2.38. The van der Waals surface area contributed by atoms with E-state index < -0.39 is 0 Å². The number of Topliss-reactive ketones (excluding diaryl/α,β-unsaturated/α-hetero) is 1. The Bertz CT molecular complexity index is 205. The Labute approximate surface area is 96.4 Å². The van der Waals surface area contributed by atoms with E-state index in [1.165, 1.54) is 11.8 Å². The van der Waals surface area contributed by atoms with Crippen LogP contribution in [0.2, 0.25) is 0 Å². The minimum Gasteiger partial charge on any atom is -0.305 e. The summed E-state index contributed by atoms with van der Waals surface area (Å²) in [6.45, 7) is 7.79. The van der Waals surface area contributed by atoms with E-state index >= 15 is 0 Å². The van der Waals surface area contributed by atoms with Crippen molar-refractivity contribution in [3.05, 3.63) is 0 Å². The zero-order valence-electron chi connectivity index (χ0n) is 9.95. The standard InChI is InChI=1S/C11H21NO2S/c1-8(2)11(14)7-15-6-10(5-13)12-9(3)4/h5,8-10,12H,6-7H2,1-4H3. The van der Waals surface area contributed by atoms with Crippen molar-refractivity contribution in [1.29, 1.82) is 0 Å². The molecular weight excluding hydrogens is 210 g/mol. The summed E-state index contributed by atoms with van der Waals surface area (Å²) in [5.41, 5.74) is 0. The number of thioether (sulfide) groups is 1. The Balaban J connectivity index is 3.72. The SMILES string of the molecule is CC(C)NC(C=O)CSCC(=O)C(C)C. The largest absolute Gasteiger partial charge is 0.305 e. The van der Waals surface area contributed by atoms with Crippen molar-refractivity contribution in [1.82, 2.24) is 5.32 Å². The molecule has 3 nitrogen and oxygen atoms in total.